The van der Waals surface area contributed by atoms with Gasteiger partial charge >= 0.3 is 0 Å². The number of benzene rings is 3. The zero-order valence-electron chi connectivity index (χ0n) is 16.9. The number of nitrogens with one attached hydrogen (secondary N) is 1. The fraction of sp³-hybridized carbons (Fsp3) is 0.174. The Morgan fingerprint density at radius 3 is 2.13 bits per heavy atom. The Morgan fingerprint density at radius 1 is 0.933 bits per heavy atom. The highest BCUT2D eigenvalue weighted by Gasteiger charge is 2.27. The van der Waals surface area contributed by atoms with Crippen LogP contribution in [-0.4, -0.2) is 28.0 Å². The molecule has 0 aliphatic carbocycles. The van der Waals surface area contributed by atoms with E-state index in [0.29, 0.717) is 17.1 Å². The molecule has 0 aliphatic heterocycles. The number of carbonyl (C=O) groups excluding carboxylic acids is 1. The molecule has 3 aromatic carbocycles. The van der Waals surface area contributed by atoms with Gasteiger partial charge in [-0.3, -0.25) is 9.10 Å². The standard InChI is InChI=1S/C23H24N2O4S/c1-3-18-9-11-19(12-10-18)24-23(26)17-25(20-13-15-21(29-2)16-14-20)30(27,28)22-7-5-4-6-8-22/h4-16H,3,17H2,1-2H3,(H,24,26). The van der Waals surface area contributed by atoms with E-state index >= 15 is 0 Å². The fourth-order valence-electron chi connectivity index (χ4n) is 2.94. The maximum Gasteiger partial charge on any atom is 0.264 e. The normalized spacial score (nSPS) is 11.0. The predicted molar refractivity (Wildman–Crippen MR) is 118 cm³/mol. The third kappa shape index (κ3) is 4.99. The van der Waals surface area contributed by atoms with Gasteiger partial charge in [-0.25, -0.2) is 8.42 Å². The quantitative estimate of drug-likeness (QED) is 0.591. The molecule has 7 heteroatoms. The molecule has 0 atom stereocenters. The van der Waals surface area contributed by atoms with Crippen LogP contribution in [0.2, 0.25) is 0 Å². The molecule has 0 heterocycles. The minimum absolute atomic E-state index is 0.112. The summed E-state index contributed by atoms with van der Waals surface area (Å²) in [6.45, 7) is 1.69. The summed E-state index contributed by atoms with van der Waals surface area (Å²) in [7, 11) is -2.41. The SMILES string of the molecule is CCc1ccc(NC(=O)CN(c2ccc(OC)cc2)S(=O)(=O)c2ccccc2)cc1. The van der Waals surface area contributed by atoms with E-state index in [1.165, 1.54) is 19.2 Å². The number of rotatable bonds is 8. The molecule has 0 radical (unpaired) electrons. The van der Waals surface area contributed by atoms with Crippen molar-refractivity contribution in [2.24, 2.45) is 0 Å². The van der Waals surface area contributed by atoms with E-state index in [9.17, 15) is 13.2 Å². The van der Waals surface area contributed by atoms with E-state index in [1.54, 1.807) is 54.6 Å². The monoisotopic (exact) mass is 424 g/mol. The van der Waals surface area contributed by atoms with Crippen molar-refractivity contribution >= 4 is 27.3 Å². The van der Waals surface area contributed by atoms with Crippen LogP contribution in [0.5, 0.6) is 5.75 Å². The largest absolute Gasteiger partial charge is 0.497 e. The summed E-state index contributed by atoms with van der Waals surface area (Å²) in [4.78, 5) is 12.8. The summed E-state index contributed by atoms with van der Waals surface area (Å²) in [6.07, 6.45) is 0.898. The minimum atomic E-state index is -3.94. The van der Waals surface area contributed by atoms with Crippen LogP contribution >= 0.6 is 0 Å². The lowest BCUT2D eigenvalue weighted by molar-refractivity contribution is -0.114. The number of methoxy groups -OCH3 is 1. The zero-order chi connectivity index (χ0) is 21.6. The summed E-state index contributed by atoms with van der Waals surface area (Å²) in [5, 5.41) is 2.77. The molecule has 3 rings (SSSR count). The molecule has 3 aromatic rings. The molecular formula is C23H24N2O4S. The van der Waals surface area contributed by atoms with Gasteiger partial charge in [-0.05, 0) is 60.5 Å². The highest BCUT2D eigenvalue weighted by Crippen LogP contribution is 2.26. The first-order valence-electron chi connectivity index (χ1n) is 9.54. The Balaban J connectivity index is 1.89. The van der Waals surface area contributed by atoms with Gasteiger partial charge < -0.3 is 10.1 Å². The molecule has 0 aromatic heterocycles. The zero-order valence-corrected chi connectivity index (χ0v) is 17.7. The van der Waals surface area contributed by atoms with Gasteiger partial charge in [0.15, 0.2) is 0 Å². The van der Waals surface area contributed by atoms with Gasteiger partial charge in [-0.2, -0.15) is 0 Å². The van der Waals surface area contributed by atoms with Crippen LogP contribution in [0.4, 0.5) is 11.4 Å². The fourth-order valence-corrected chi connectivity index (χ4v) is 4.38. The van der Waals surface area contributed by atoms with Crippen molar-refractivity contribution in [2.75, 3.05) is 23.3 Å². The summed E-state index contributed by atoms with van der Waals surface area (Å²) in [5.41, 5.74) is 2.14. The topological polar surface area (TPSA) is 75.7 Å². The van der Waals surface area contributed by atoms with Crippen LogP contribution in [0.3, 0.4) is 0 Å². The van der Waals surface area contributed by atoms with Gasteiger partial charge in [0.2, 0.25) is 5.91 Å². The number of carbonyl (C=O) groups is 1. The summed E-state index contributed by atoms with van der Waals surface area (Å²) >= 11 is 0. The van der Waals surface area contributed by atoms with Gasteiger partial charge in [0.25, 0.3) is 10.0 Å². The van der Waals surface area contributed by atoms with Crippen LogP contribution in [0.25, 0.3) is 0 Å². The smallest absolute Gasteiger partial charge is 0.264 e. The molecule has 1 amide bonds. The molecule has 0 saturated heterocycles. The van der Waals surface area contributed by atoms with Crippen LogP contribution < -0.4 is 14.4 Å². The number of amides is 1. The first-order chi connectivity index (χ1) is 14.4. The molecule has 0 spiro atoms. The lowest BCUT2D eigenvalue weighted by Crippen LogP contribution is -2.38. The van der Waals surface area contributed by atoms with Crippen molar-refractivity contribution in [1.29, 1.82) is 0 Å². The Bertz CT molecular complexity index is 1080. The third-order valence-electron chi connectivity index (χ3n) is 4.62. The number of nitrogens with zero attached hydrogens (tertiary/aromatic N) is 1. The third-order valence-corrected chi connectivity index (χ3v) is 6.41. The molecule has 1 N–H and O–H groups in total. The molecule has 0 aliphatic rings. The highest BCUT2D eigenvalue weighted by molar-refractivity contribution is 7.92. The second kappa shape index (κ2) is 9.45. The summed E-state index contributed by atoms with van der Waals surface area (Å²) < 4.78 is 32.8. The van der Waals surface area contributed by atoms with E-state index in [0.717, 1.165) is 16.3 Å². The van der Waals surface area contributed by atoms with Crippen LogP contribution in [-0.2, 0) is 21.2 Å². The molecule has 0 bridgehead atoms. The first-order valence-corrected chi connectivity index (χ1v) is 11.0. The molecule has 0 unspecified atom stereocenters. The lowest BCUT2D eigenvalue weighted by atomic mass is 10.1. The molecule has 156 valence electrons. The Morgan fingerprint density at radius 2 is 1.57 bits per heavy atom. The number of aryl methyl sites for hydroxylation is 1. The number of hydrogen-bond donors (Lipinski definition) is 1. The number of ether oxygens (including phenoxy) is 1. The van der Waals surface area contributed by atoms with E-state index in [-0.39, 0.29) is 11.4 Å². The first kappa shape index (κ1) is 21.4. The van der Waals surface area contributed by atoms with Crippen molar-refractivity contribution in [3.8, 4) is 5.75 Å². The minimum Gasteiger partial charge on any atom is -0.497 e. The van der Waals surface area contributed by atoms with Crippen LogP contribution in [0.15, 0.2) is 83.8 Å². The van der Waals surface area contributed by atoms with E-state index in [2.05, 4.69) is 12.2 Å². The van der Waals surface area contributed by atoms with E-state index in [4.69, 9.17) is 4.74 Å². The van der Waals surface area contributed by atoms with Crippen molar-refractivity contribution in [1.82, 2.24) is 0 Å². The lowest BCUT2D eigenvalue weighted by Gasteiger charge is -2.24. The van der Waals surface area contributed by atoms with Crippen LogP contribution in [0, 0.1) is 0 Å². The second-order valence-corrected chi connectivity index (χ2v) is 8.48. The van der Waals surface area contributed by atoms with Crippen molar-refractivity contribution in [3.63, 3.8) is 0 Å². The average Bonchev–Trinajstić information content (AvgIpc) is 2.78. The van der Waals surface area contributed by atoms with Crippen molar-refractivity contribution in [3.05, 3.63) is 84.4 Å². The highest BCUT2D eigenvalue weighted by atomic mass is 32.2. The Labute approximate surface area is 177 Å². The molecule has 30 heavy (non-hydrogen) atoms. The second-order valence-electron chi connectivity index (χ2n) is 6.62. The van der Waals surface area contributed by atoms with Gasteiger partial charge in [0.05, 0.1) is 17.7 Å². The van der Waals surface area contributed by atoms with Gasteiger partial charge in [0, 0.05) is 5.69 Å². The van der Waals surface area contributed by atoms with Gasteiger partial charge in [0.1, 0.15) is 12.3 Å². The average molecular weight is 425 g/mol. The van der Waals surface area contributed by atoms with E-state index < -0.39 is 15.9 Å². The van der Waals surface area contributed by atoms with Crippen LogP contribution in [0.1, 0.15) is 12.5 Å². The van der Waals surface area contributed by atoms with Crippen molar-refractivity contribution in [2.45, 2.75) is 18.2 Å². The molecular weight excluding hydrogens is 400 g/mol. The number of anilines is 2. The summed E-state index contributed by atoms with van der Waals surface area (Å²) in [6, 6.07) is 22.1. The maximum atomic E-state index is 13.3. The molecule has 0 fully saturated rings. The predicted octanol–water partition coefficient (Wildman–Crippen LogP) is 4.09. The summed E-state index contributed by atoms with van der Waals surface area (Å²) in [5.74, 6) is 0.158. The number of hydrogen-bond acceptors (Lipinski definition) is 4. The molecule has 6 nitrogen and oxygen atoms in total. The number of sulfonamides is 1. The Hall–Kier alpha value is -3.32. The van der Waals surface area contributed by atoms with Gasteiger partial charge in [-0.15, -0.1) is 0 Å². The van der Waals surface area contributed by atoms with Gasteiger partial charge in [-0.1, -0.05) is 37.3 Å². The Kier molecular flexibility index (Phi) is 6.74. The van der Waals surface area contributed by atoms with E-state index in [1.807, 2.05) is 12.1 Å². The maximum absolute atomic E-state index is 13.3. The molecule has 0 saturated carbocycles. The van der Waals surface area contributed by atoms with Crippen molar-refractivity contribution < 1.29 is 17.9 Å².